The van der Waals surface area contributed by atoms with E-state index in [0.29, 0.717) is 23.4 Å². The predicted octanol–water partition coefficient (Wildman–Crippen LogP) is 7.74. The fourth-order valence-corrected chi connectivity index (χ4v) is 4.25. The summed E-state index contributed by atoms with van der Waals surface area (Å²) in [7, 11) is 1.32. The standard InChI is InChI=1S/C29H23F6N3O/c1-17-6-4-5-7-23(17)24-14-26(20-8-9-36-18(2)10-20)37-15-25(24)27(39)38(3)16-19-11-21(28(30,31)32)13-22(12-19)29(33,34)35/h4-15H,16H2,1-3H3. The molecule has 0 aliphatic heterocycles. The highest BCUT2D eigenvalue weighted by Gasteiger charge is 2.37. The molecule has 0 saturated heterocycles. The van der Waals surface area contributed by atoms with Crippen molar-refractivity contribution in [1.29, 1.82) is 0 Å². The van der Waals surface area contributed by atoms with Gasteiger partial charge < -0.3 is 4.90 Å². The second kappa shape index (κ2) is 10.5. The lowest BCUT2D eigenvalue weighted by Gasteiger charge is -2.22. The van der Waals surface area contributed by atoms with Crippen LogP contribution >= 0.6 is 0 Å². The molecule has 4 rings (SSSR count). The average molecular weight is 544 g/mol. The van der Waals surface area contributed by atoms with Crippen LogP contribution in [0.25, 0.3) is 22.4 Å². The lowest BCUT2D eigenvalue weighted by molar-refractivity contribution is -0.143. The quantitative estimate of drug-likeness (QED) is 0.242. The molecule has 1 amide bonds. The van der Waals surface area contributed by atoms with E-state index in [1.54, 1.807) is 24.4 Å². The van der Waals surface area contributed by atoms with Crippen LogP contribution < -0.4 is 0 Å². The van der Waals surface area contributed by atoms with Crippen molar-refractivity contribution in [2.75, 3.05) is 7.05 Å². The summed E-state index contributed by atoms with van der Waals surface area (Å²) >= 11 is 0. The summed E-state index contributed by atoms with van der Waals surface area (Å²) in [5.74, 6) is -0.607. The Balaban J connectivity index is 1.76. The van der Waals surface area contributed by atoms with Crippen molar-refractivity contribution in [2.45, 2.75) is 32.7 Å². The maximum Gasteiger partial charge on any atom is 0.416 e. The van der Waals surface area contributed by atoms with Gasteiger partial charge in [-0.05, 0) is 72.5 Å². The zero-order valence-electron chi connectivity index (χ0n) is 21.2. The third kappa shape index (κ3) is 6.27. The number of carbonyl (C=O) groups excluding carboxylic acids is 1. The number of benzene rings is 2. The van der Waals surface area contributed by atoms with Crippen LogP contribution in [0.2, 0.25) is 0 Å². The summed E-state index contributed by atoms with van der Waals surface area (Å²) in [6.45, 7) is 3.21. The third-order valence-electron chi connectivity index (χ3n) is 6.18. The van der Waals surface area contributed by atoms with E-state index in [2.05, 4.69) is 9.97 Å². The fraction of sp³-hybridized carbons (Fsp3) is 0.207. The Morgan fingerprint density at radius 2 is 1.46 bits per heavy atom. The molecule has 202 valence electrons. The molecular formula is C29H23F6N3O. The van der Waals surface area contributed by atoms with Crippen LogP contribution in [0.3, 0.4) is 0 Å². The van der Waals surface area contributed by atoms with Crippen molar-refractivity contribution >= 4 is 5.91 Å². The van der Waals surface area contributed by atoms with E-state index in [0.717, 1.165) is 27.3 Å². The van der Waals surface area contributed by atoms with Crippen molar-refractivity contribution in [3.63, 3.8) is 0 Å². The first-order valence-corrected chi connectivity index (χ1v) is 11.8. The lowest BCUT2D eigenvalue weighted by Crippen LogP contribution is -2.27. The van der Waals surface area contributed by atoms with Gasteiger partial charge in [-0.15, -0.1) is 0 Å². The van der Waals surface area contributed by atoms with E-state index in [1.807, 2.05) is 38.1 Å². The van der Waals surface area contributed by atoms with Gasteiger partial charge in [0.2, 0.25) is 0 Å². The van der Waals surface area contributed by atoms with Crippen molar-refractivity contribution in [3.05, 3.63) is 107 Å². The second-order valence-corrected chi connectivity index (χ2v) is 9.19. The number of amides is 1. The Hall–Kier alpha value is -4.21. The third-order valence-corrected chi connectivity index (χ3v) is 6.18. The van der Waals surface area contributed by atoms with Gasteiger partial charge in [0.05, 0.1) is 22.4 Å². The molecule has 39 heavy (non-hydrogen) atoms. The van der Waals surface area contributed by atoms with E-state index in [9.17, 15) is 31.1 Å². The van der Waals surface area contributed by atoms with Crippen LogP contribution in [-0.4, -0.2) is 27.8 Å². The van der Waals surface area contributed by atoms with E-state index in [1.165, 1.54) is 13.2 Å². The molecule has 4 nitrogen and oxygen atoms in total. The highest BCUT2D eigenvalue weighted by atomic mass is 19.4. The normalized spacial score (nSPS) is 11.9. The molecular weight excluding hydrogens is 520 g/mol. The number of pyridine rings is 2. The molecule has 0 radical (unpaired) electrons. The van der Waals surface area contributed by atoms with Crippen molar-refractivity contribution in [2.24, 2.45) is 0 Å². The lowest BCUT2D eigenvalue weighted by atomic mass is 9.95. The molecule has 0 N–H and O–H groups in total. The molecule has 2 aromatic carbocycles. The summed E-state index contributed by atoms with van der Waals surface area (Å²) < 4.78 is 79.9. The van der Waals surface area contributed by atoms with Gasteiger partial charge in [0.25, 0.3) is 5.91 Å². The number of aryl methyl sites for hydroxylation is 2. The number of carbonyl (C=O) groups is 1. The van der Waals surface area contributed by atoms with Crippen LogP contribution in [0.15, 0.2) is 73.1 Å². The SMILES string of the molecule is Cc1cc(-c2cc(-c3ccccc3C)c(C(=O)N(C)Cc3cc(C(F)(F)F)cc(C(F)(F)F)c3)cn2)ccn1. The number of halogens is 6. The molecule has 4 aromatic rings. The van der Waals surface area contributed by atoms with Gasteiger partial charge in [0, 0.05) is 37.2 Å². The largest absolute Gasteiger partial charge is 0.416 e. The number of nitrogens with zero attached hydrogens (tertiary/aromatic N) is 3. The van der Waals surface area contributed by atoms with Gasteiger partial charge in [-0.3, -0.25) is 14.8 Å². The van der Waals surface area contributed by atoms with Crippen molar-refractivity contribution in [3.8, 4) is 22.4 Å². The van der Waals surface area contributed by atoms with Gasteiger partial charge in [0.15, 0.2) is 0 Å². The number of aromatic nitrogens is 2. The highest BCUT2D eigenvalue weighted by Crippen LogP contribution is 2.37. The minimum Gasteiger partial charge on any atom is -0.337 e. The van der Waals surface area contributed by atoms with Crippen molar-refractivity contribution < 1.29 is 31.1 Å². The van der Waals surface area contributed by atoms with Gasteiger partial charge in [-0.2, -0.15) is 26.3 Å². The zero-order chi connectivity index (χ0) is 28.5. The van der Waals surface area contributed by atoms with E-state index in [-0.39, 0.29) is 17.2 Å². The molecule has 0 fully saturated rings. The molecule has 2 heterocycles. The second-order valence-electron chi connectivity index (χ2n) is 9.19. The molecule has 0 atom stereocenters. The van der Waals surface area contributed by atoms with Crippen LogP contribution in [0.4, 0.5) is 26.3 Å². The van der Waals surface area contributed by atoms with E-state index < -0.39 is 35.9 Å². The van der Waals surface area contributed by atoms with E-state index in [4.69, 9.17) is 0 Å². The van der Waals surface area contributed by atoms with Crippen LogP contribution in [0, 0.1) is 13.8 Å². The maximum atomic E-state index is 13.6. The van der Waals surface area contributed by atoms with Gasteiger partial charge >= 0.3 is 12.4 Å². The fourth-order valence-electron chi connectivity index (χ4n) is 4.25. The van der Waals surface area contributed by atoms with Crippen molar-refractivity contribution in [1.82, 2.24) is 14.9 Å². The molecule has 0 unspecified atom stereocenters. The number of alkyl halides is 6. The first-order valence-electron chi connectivity index (χ1n) is 11.8. The predicted molar refractivity (Wildman–Crippen MR) is 135 cm³/mol. The Kier molecular flexibility index (Phi) is 7.50. The first kappa shape index (κ1) is 27.8. The topological polar surface area (TPSA) is 46.1 Å². The van der Waals surface area contributed by atoms with Crippen LogP contribution in [0.1, 0.15) is 38.3 Å². The van der Waals surface area contributed by atoms with Crippen LogP contribution in [0.5, 0.6) is 0 Å². The molecule has 0 saturated carbocycles. The molecule has 0 spiro atoms. The number of hydrogen-bond acceptors (Lipinski definition) is 3. The summed E-state index contributed by atoms with van der Waals surface area (Å²) in [4.78, 5) is 23.2. The minimum atomic E-state index is -4.98. The molecule has 0 aliphatic rings. The first-order chi connectivity index (χ1) is 18.2. The van der Waals surface area contributed by atoms with Crippen LogP contribution in [-0.2, 0) is 18.9 Å². The Bertz CT molecular complexity index is 1500. The summed E-state index contributed by atoms with van der Waals surface area (Å²) in [6.07, 6.45) is -6.96. The average Bonchev–Trinajstić information content (AvgIpc) is 2.87. The van der Waals surface area contributed by atoms with Gasteiger partial charge in [-0.25, -0.2) is 0 Å². The minimum absolute atomic E-state index is 0.0606. The number of hydrogen-bond donors (Lipinski definition) is 0. The Morgan fingerprint density at radius 3 is 2.05 bits per heavy atom. The molecule has 0 bridgehead atoms. The highest BCUT2D eigenvalue weighted by molar-refractivity contribution is 6.01. The van der Waals surface area contributed by atoms with Gasteiger partial charge in [0.1, 0.15) is 0 Å². The van der Waals surface area contributed by atoms with E-state index >= 15 is 0 Å². The van der Waals surface area contributed by atoms with Gasteiger partial charge in [-0.1, -0.05) is 24.3 Å². The molecule has 2 aromatic heterocycles. The summed E-state index contributed by atoms with van der Waals surface area (Å²) in [5.41, 5.74) is 1.23. The zero-order valence-corrected chi connectivity index (χ0v) is 21.2. The monoisotopic (exact) mass is 543 g/mol. The summed E-state index contributed by atoms with van der Waals surface area (Å²) in [5, 5.41) is 0. The smallest absolute Gasteiger partial charge is 0.337 e. The molecule has 10 heteroatoms. The summed E-state index contributed by atoms with van der Waals surface area (Å²) in [6, 6.07) is 14.0. The maximum absolute atomic E-state index is 13.6. The molecule has 0 aliphatic carbocycles. The Morgan fingerprint density at radius 1 is 0.821 bits per heavy atom. The number of rotatable bonds is 5. The Labute approximate surface area is 221 Å².